The molecule has 2 nitrogen and oxygen atoms in total. The third-order valence-electron chi connectivity index (χ3n) is 3.08. The number of benzene rings is 2. The van der Waals surface area contributed by atoms with Crippen molar-refractivity contribution >= 4 is 69.2 Å². The van der Waals surface area contributed by atoms with Crippen molar-refractivity contribution in [2.45, 2.75) is 0 Å². The van der Waals surface area contributed by atoms with Crippen molar-refractivity contribution < 1.29 is 4.79 Å². The van der Waals surface area contributed by atoms with Gasteiger partial charge in [0.1, 0.15) is 0 Å². The Morgan fingerprint density at radius 2 is 1.77 bits per heavy atom. The quantitative estimate of drug-likeness (QED) is 0.524. The van der Waals surface area contributed by atoms with Gasteiger partial charge in [-0.05, 0) is 29.8 Å². The minimum atomic E-state index is -0.155. The maximum atomic E-state index is 12.6. The smallest absolute Gasteiger partial charge is 0.268 e. The van der Waals surface area contributed by atoms with E-state index in [1.54, 1.807) is 18.2 Å². The van der Waals surface area contributed by atoms with Crippen LogP contribution >= 0.6 is 47.2 Å². The molecule has 0 bridgehead atoms. The Morgan fingerprint density at radius 3 is 2.50 bits per heavy atom. The van der Waals surface area contributed by atoms with Crippen molar-refractivity contribution in [3.63, 3.8) is 0 Å². The molecule has 22 heavy (non-hydrogen) atoms. The van der Waals surface area contributed by atoms with E-state index in [-0.39, 0.29) is 5.91 Å². The first kappa shape index (κ1) is 15.6. The SMILES string of the molecule is O=C1/C(=C\c2cccc(Cl)c2Cl)SC(=S)N1c1ccccc1. The van der Waals surface area contributed by atoms with Crippen LogP contribution in [0.2, 0.25) is 10.0 Å². The maximum absolute atomic E-state index is 12.6. The number of carbonyl (C=O) groups excluding carboxylic acids is 1. The van der Waals surface area contributed by atoms with Crippen molar-refractivity contribution in [3.8, 4) is 0 Å². The standard InChI is InChI=1S/C16H9Cl2NOS2/c17-12-8-4-5-10(14(12)18)9-13-15(20)19(16(21)22-13)11-6-2-1-3-7-11/h1-9H/b13-9+. The Morgan fingerprint density at radius 1 is 1.05 bits per heavy atom. The van der Waals surface area contributed by atoms with E-state index in [1.807, 2.05) is 36.4 Å². The number of amides is 1. The molecule has 1 aliphatic heterocycles. The van der Waals surface area contributed by atoms with E-state index in [4.69, 9.17) is 35.4 Å². The number of rotatable bonds is 2. The number of carbonyl (C=O) groups is 1. The molecule has 1 aliphatic rings. The molecule has 0 aromatic heterocycles. The van der Waals surface area contributed by atoms with Gasteiger partial charge in [-0.25, -0.2) is 0 Å². The Balaban J connectivity index is 1.98. The lowest BCUT2D eigenvalue weighted by atomic mass is 10.2. The second kappa shape index (κ2) is 6.42. The van der Waals surface area contributed by atoms with E-state index in [9.17, 15) is 4.79 Å². The van der Waals surface area contributed by atoms with Gasteiger partial charge in [0.2, 0.25) is 0 Å². The summed E-state index contributed by atoms with van der Waals surface area (Å²) in [5.41, 5.74) is 1.45. The molecule has 1 fully saturated rings. The number of hydrogen-bond donors (Lipinski definition) is 0. The van der Waals surface area contributed by atoms with Crippen LogP contribution in [0.25, 0.3) is 6.08 Å². The predicted molar refractivity (Wildman–Crippen MR) is 98.6 cm³/mol. The van der Waals surface area contributed by atoms with Crippen molar-refractivity contribution in [2.24, 2.45) is 0 Å². The van der Waals surface area contributed by atoms with Crippen LogP contribution in [0.3, 0.4) is 0 Å². The van der Waals surface area contributed by atoms with Crippen LogP contribution in [0.15, 0.2) is 53.4 Å². The van der Waals surface area contributed by atoms with Gasteiger partial charge in [-0.2, -0.15) is 0 Å². The zero-order chi connectivity index (χ0) is 15.7. The van der Waals surface area contributed by atoms with Gasteiger partial charge < -0.3 is 0 Å². The fourth-order valence-electron chi connectivity index (χ4n) is 2.04. The third kappa shape index (κ3) is 2.92. The molecule has 110 valence electrons. The van der Waals surface area contributed by atoms with Crippen molar-refractivity contribution in [1.29, 1.82) is 0 Å². The minimum Gasteiger partial charge on any atom is -0.268 e. The summed E-state index contributed by atoms with van der Waals surface area (Å²) in [5.74, 6) is -0.155. The van der Waals surface area contributed by atoms with Gasteiger partial charge in [0.25, 0.3) is 5.91 Å². The third-order valence-corrected chi connectivity index (χ3v) is 5.21. The molecule has 0 radical (unpaired) electrons. The van der Waals surface area contributed by atoms with E-state index in [0.717, 1.165) is 5.69 Å². The number of halogens is 2. The highest BCUT2D eigenvalue weighted by molar-refractivity contribution is 8.27. The van der Waals surface area contributed by atoms with Crippen molar-refractivity contribution in [3.05, 3.63) is 69.0 Å². The van der Waals surface area contributed by atoms with E-state index in [2.05, 4.69) is 0 Å². The lowest BCUT2D eigenvalue weighted by Gasteiger charge is -2.13. The first-order valence-corrected chi connectivity index (χ1v) is 8.33. The summed E-state index contributed by atoms with van der Waals surface area (Å²) in [4.78, 5) is 14.6. The van der Waals surface area contributed by atoms with Crippen LogP contribution in [-0.4, -0.2) is 10.2 Å². The van der Waals surface area contributed by atoms with Gasteiger partial charge in [-0.3, -0.25) is 9.69 Å². The van der Waals surface area contributed by atoms with Gasteiger partial charge in [-0.15, -0.1) is 0 Å². The summed E-state index contributed by atoms with van der Waals surface area (Å²) in [5, 5.41) is 0.878. The van der Waals surface area contributed by atoms with Crippen LogP contribution in [0.4, 0.5) is 5.69 Å². The van der Waals surface area contributed by atoms with Gasteiger partial charge >= 0.3 is 0 Å². The molecule has 6 heteroatoms. The second-order valence-corrected chi connectivity index (χ2v) is 6.96. The van der Waals surface area contributed by atoms with E-state index in [0.29, 0.717) is 24.8 Å². The van der Waals surface area contributed by atoms with Crippen molar-refractivity contribution in [1.82, 2.24) is 0 Å². The van der Waals surface area contributed by atoms with Crippen LogP contribution in [-0.2, 0) is 4.79 Å². The number of hydrogen-bond acceptors (Lipinski definition) is 3. The zero-order valence-corrected chi connectivity index (χ0v) is 14.3. The Bertz CT molecular complexity index is 790. The number of nitrogens with zero attached hydrogens (tertiary/aromatic N) is 1. The first-order valence-electron chi connectivity index (χ1n) is 6.35. The molecule has 0 saturated carbocycles. The number of thiocarbonyl (C=S) groups is 1. The minimum absolute atomic E-state index is 0.155. The molecule has 0 aliphatic carbocycles. The molecule has 2 aromatic rings. The lowest BCUT2D eigenvalue weighted by Crippen LogP contribution is -2.27. The molecular formula is C16H9Cl2NOS2. The highest BCUT2D eigenvalue weighted by atomic mass is 35.5. The summed E-state index contributed by atoms with van der Waals surface area (Å²) >= 11 is 18.7. The molecule has 0 atom stereocenters. The van der Waals surface area contributed by atoms with E-state index in [1.165, 1.54) is 16.7 Å². The Kier molecular flexibility index (Phi) is 4.54. The van der Waals surface area contributed by atoms with Gasteiger partial charge in [-0.1, -0.05) is 77.5 Å². The molecule has 1 heterocycles. The fraction of sp³-hybridized carbons (Fsp3) is 0. The van der Waals surface area contributed by atoms with Gasteiger partial charge in [0.15, 0.2) is 4.32 Å². The first-order chi connectivity index (χ1) is 10.6. The van der Waals surface area contributed by atoms with Crippen LogP contribution < -0.4 is 4.90 Å². The molecule has 0 unspecified atom stereocenters. The molecule has 3 rings (SSSR count). The molecular weight excluding hydrogens is 357 g/mol. The highest BCUT2D eigenvalue weighted by Crippen LogP contribution is 2.37. The van der Waals surface area contributed by atoms with E-state index >= 15 is 0 Å². The van der Waals surface area contributed by atoms with Crippen LogP contribution in [0, 0.1) is 0 Å². The monoisotopic (exact) mass is 365 g/mol. The van der Waals surface area contributed by atoms with Gasteiger partial charge in [0.05, 0.1) is 20.6 Å². The summed E-state index contributed by atoms with van der Waals surface area (Å²) in [7, 11) is 0. The number of para-hydroxylation sites is 1. The summed E-state index contributed by atoms with van der Waals surface area (Å²) in [6.07, 6.45) is 1.72. The number of anilines is 1. The highest BCUT2D eigenvalue weighted by Gasteiger charge is 2.33. The summed E-state index contributed by atoms with van der Waals surface area (Å²) in [6.45, 7) is 0. The number of thioether (sulfide) groups is 1. The molecule has 1 saturated heterocycles. The zero-order valence-electron chi connectivity index (χ0n) is 11.1. The molecule has 0 spiro atoms. The Labute approximate surface area is 147 Å². The van der Waals surface area contributed by atoms with Crippen molar-refractivity contribution in [2.75, 3.05) is 4.90 Å². The predicted octanol–water partition coefficient (Wildman–Crippen LogP) is 5.40. The average Bonchev–Trinajstić information content (AvgIpc) is 2.79. The average molecular weight is 366 g/mol. The maximum Gasteiger partial charge on any atom is 0.270 e. The Hall–Kier alpha value is -1.33. The topological polar surface area (TPSA) is 20.3 Å². The summed E-state index contributed by atoms with van der Waals surface area (Å²) < 4.78 is 0.501. The molecule has 2 aromatic carbocycles. The lowest BCUT2D eigenvalue weighted by molar-refractivity contribution is -0.113. The van der Waals surface area contributed by atoms with Crippen LogP contribution in [0.5, 0.6) is 0 Å². The normalized spacial score (nSPS) is 16.6. The fourth-order valence-corrected chi connectivity index (χ4v) is 3.69. The van der Waals surface area contributed by atoms with Crippen LogP contribution in [0.1, 0.15) is 5.56 Å². The van der Waals surface area contributed by atoms with E-state index < -0.39 is 0 Å². The largest absolute Gasteiger partial charge is 0.270 e. The summed E-state index contributed by atoms with van der Waals surface area (Å²) in [6, 6.07) is 14.6. The van der Waals surface area contributed by atoms with Gasteiger partial charge in [0, 0.05) is 0 Å². The molecule has 1 amide bonds. The molecule has 0 N–H and O–H groups in total. The second-order valence-electron chi connectivity index (χ2n) is 4.50.